The molecule has 34 heavy (non-hydrogen) atoms. The van der Waals surface area contributed by atoms with Crippen molar-refractivity contribution in [3.8, 4) is 17.2 Å². The van der Waals surface area contributed by atoms with Crippen LogP contribution in [-0.2, 0) is 11.3 Å². The second-order valence-corrected chi connectivity index (χ2v) is 8.04. The lowest BCUT2D eigenvalue weighted by Crippen LogP contribution is -2.28. The van der Waals surface area contributed by atoms with Crippen LogP contribution in [0.25, 0.3) is 10.9 Å². The van der Waals surface area contributed by atoms with Crippen LogP contribution in [0.2, 0.25) is 0 Å². The highest BCUT2D eigenvalue weighted by Gasteiger charge is 2.26. The van der Waals surface area contributed by atoms with Crippen molar-refractivity contribution in [3.63, 3.8) is 0 Å². The maximum Gasteiger partial charge on any atom is 0.227 e. The Morgan fingerprint density at radius 1 is 1.15 bits per heavy atom. The fraction of sp³-hybridized carbons (Fsp3) is 0.231. The number of fused-ring (bicyclic) bond motifs is 1. The lowest BCUT2D eigenvalue weighted by atomic mass is 9.91. The monoisotopic (exact) mass is 462 g/mol. The van der Waals surface area contributed by atoms with Gasteiger partial charge in [0.1, 0.15) is 5.76 Å². The first-order chi connectivity index (χ1) is 16.4. The zero-order chi connectivity index (χ0) is 24.2. The zero-order valence-corrected chi connectivity index (χ0v) is 18.9. The topological polar surface area (TPSA) is 114 Å². The normalized spacial score (nSPS) is 11.9. The number of aryl methyl sites for hydroxylation is 1. The van der Waals surface area contributed by atoms with Crippen LogP contribution >= 0.6 is 0 Å². The number of aromatic nitrogens is 1. The number of hydrogen-bond donors (Lipinski definition) is 3. The van der Waals surface area contributed by atoms with Gasteiger partial charge in [-0.2, -0.15) is 0 Å². The van der Waals surface area contributed by atoms with Gasteiger partial charge in [0.15, 0.2) is 17.3 Å². The zero-order valence-electron chi connectivity index (χ0n) is 18.9. The quantitative estimate of drug-likeness (QED) is 0.368. The summed E-state index contributed by atoms with van der Waals surface area (Å²) in [5, 5.41) is 24.4. The number of rotatable bonds is 8. The molecule has 8 heteroatoms. The van der Waals surface area contributed by atoms with Crippen molar-refractivity contribution in [2.24, 2.45) is 0 Å². The van der Waals surface area contributed by atoms with Crippen LogP contribution in [0.1, 0.15) is 29.4 Å². The first kappa shape index (κ1) is 23.0. The van der Waals surface area contributed by atoms with Crippen LogP contribution < -0.4 is 15.5 Å². The lowest BCUT2D eigenvalue weighted by molar-refractivity contribution is -0.121. The van der Waals surface area contributed by atoms with E-state index < -0.39 is 17.1 Å². The molecule has 3 N–H and O–H groups in total. The molecule has 1 atom stereocenters. The summed E-state index contributed by atoms with van der Waals surface area (Å²) < 4.78 is 12.9. The van der Waals surface area contributed by atoms with Gasteiger partial charge in [-0.15, -0.1) is 0 Å². The first-order valence-corrected chi connectivity index (χ1v) is 10.9. The summed E-state index contributed by atoms with van der Waals surface area (Å²) in [4.78, 5) is 25.1. The van der Waals surface area contributed by atoms with Crippen molar-refractivity contribution in [2.45, 2.75) is 25.8 Å². The third kappa shape index (κ3) is 4.76. The van der Waals surface area contributed by atoms with Gasteiger partial charge in [0.2, 0.25) is 17.1 Å². The minimum Gasteiger partial charge on any atom is -0.504 e. The Morgan fingerprint density at radius 2 is 1.94 bits per heavy atom. The van der Waals surface area contributed by atoms with E-state index in [1.807, 2.05) is 36.5 Å². The molecular weight excluding hydrogens is 436 g/mol. The van der Waals surface area contributed by atoms with Crippen LogP contribution in [0.3, 0.4) is 0 Å². The van der Waals surface area contributed by atoms with Gasteiger partial charge in [-0.1, -0.05) is 24.3 Å². The predicted molar refractivity (Wildman–Crippen MR) is 127 cm³/mol. The van der Waals surface area contributed by atoms with E-state index in [9.17, 15) is 19.8 Å². The number of nitrogens with zero attached hydrogens (tertiary/aromatic N) is 1. The number of carbonyl (C=O) groups is 1. The average molecular weight is 463 g/mol. The number of nitrogens with one attached hydrogen (secondary N) is 1. The molecule has 0 spiro atoms. The number of carbonyl (C=O) groups excluding carboxylic acids is 1. The number of aromatic hydroxyl groups is 2. The minimum absolute atomic E-state index is 0.00991. The number of phenolic OH excluding ortho intramolecular Hbond substituents is 1. The Kier molecular flexibility index (Phi) is 6.58. The number of phenols is 1. The maximum atomic E-state index is 12.9. The van der Waals surface area contributed by atoms with Crippen LogP contribution in [0, 0.1) is 6.92 Å². The third-order valence-electron chi connectivity index (χ3n) is 5.74. The Balaban J connectivity index is 1.55. The molecule has 0 aliphatic rings. The molecule has 1 amide bonds. The molecule has 0 bridgehead atoms. The van der Waals surface area contributed by atoms with Crippen molar-refractivity contribution in [1.82, 2.24) is 9.88 Å². The molecule has 176 valence electrons. The number of methoxy groups -OCH3 is 1. The maximum absolute atomic E-state index is 12.9. The summed E-state index contributed by atoms with van der Waals surface area (Å²) >= 11 is 0. The molecule has 0 aliphatic heterocycles. The van der Waals surface area contributed by atoms with Gasteiger partial charge >= 0.3 is 0 Å². The van der Waals surface area contributed by atoms with Gasteiger partial charge in [0, 0.05) is 37.3 Å². The standard InChI is InChI=1S/C26H26N2O6/c1-16-13-22(30)25(32)26(34-16)19(18-7-8-21(29)23(14-18)33-2)15-24(31)27-10-12-28-11-9-17-5-3-4-6-20(17)28/h3-9,11,13-14,19,29,32H,10,12,15H2,1-2H3,(H,27,31). The van der Waals surface area contributed by atoms with E-state index in [1.165, 1.54) is 19.2 Å². The lowest BCUT2D eigenvalue weighted by Gasteiger charge is -2.19. The van der Waals surface area contributed by atoms with Crippen LogP contribution in [0.4, 0.5) is 0 Å². The Morgan fingerprint density at radius 3 is 2.74 bits per heavy atom. The second-order valence-electron chi connectivity index (χ2n) is 8.04. The number of hydrogen-bond acceptors (Lipinski definition) is 6. The molecule has 4 rings (SSSR count). The molecule has 4 aromatic rings. The average Bonchev–Trinajstić information content (AvgIpc) is 3.23. The predicted octanol–water partition coefficient (Wildman–Crippen LogP) is 3.66. The fourth-order valence-corrected chi connectivity index (χ4v) is 4.04. The summed E-state index contributed by atoms with van der Waals surface area (Å²) in [6, 6.07) is 15.8. The Hall–Kier alpha value is -4.20. The molecule has 0 fully saturated rings. The van der Waals surface area contributed by atoms with Gasteiger partial charge in [0.25, 0.3) is 0 Å². The van der Waals surface area contributed by atoms with E-state index in [0.717, 1.165) is 10.9 Å². The highest BCUT2D eigenvalue weighted by atomic mass is 16.5. The molecule has 0 saturated carbocycles. The molecule has 2 heterocycles. The van der Waals surface area contributed by atoms with Crippen molar-refractivity contribution in [1.29, 1.82) is 0 Å². The van der Waals surface area contributed by atoms with Crippen LogP contribution in [-0.4, -0.2) is 34.3 Å². The second kappa shape index (κ2) is 9.74. The summed E-state index contributed by atoms with van der Waals surface area (Å²) in [5.41, 5.74) is 1.04. The summed E-state index contributed by atoms with van der Waals surface area (Å²) in [6.07, 6.45) is 1.89. The van der Waals surface area contributed by atoms with E-state index in [4.69, 9.17) is 9.15 Å². The smallest absolute Gasteiger partial charge is 0.227 e. The van der Waals surface area contributed by atoms with Crippen molar-refractivity contribution < 1.29 is 24.2 Å². The summed E-state index contributed by atoms with van der Waals surface area (Å²) in [6.45, 7) is 2.58. The minimum atomic E-state index is -0.769. The highest BCUT2D eigenvalue weighted by molar-refractivity contribution is 5.80. The molecule has 2 aromatic heterocycles. The Labute approximate surface area is 196 Å². The van der Waals surface area contributed by atoms with E-state index in [2.05, 4.69) is 9.88 Å². The van der Waals surface area contributed by atoms with Gasteiger partial charge < -0.3 is 29.3 Å². The van der Waals surface area contributed by atoms with Crippen LogP contribution in [0.15, 0.2) is 70.0 Å². The van der Waals surface area contributed by atoms with E-state index in [0.29, 0.717) is 24.4 Å². The molecule has 2 aromatic carbocycles. The van der Waals surface area contributed by atoms with E-state index in [1.54, 1.807) is 19.1 Å². The van der Waals surface area contributed by atoms with Gasteiger partial charge in [-0.05, 0) is 42.1 Å². The fourth-order valence-electron chi connectivity index (χ4n) is 4.04. The molecular formula is C26H26N2O6. The molecule has 8 nitrogen and oxygen atoms in total. The van der Waals surface area contributed by atoms with Crippen molar-refractivity contribution in [3.05, 3.63) is 88.1 Å². The number of amides is 1. The largest absolute Gasteiger partial charge is 0.504 e. The van der Waals surface area contributed by atoms with Gasteiger partial charge in [-0.3, -0.25) is 9.59 Å². The van der Waals surface area contributed by atoms with Crippen LogP contribution in [0.5, 0.6) is 17.2 Å². The molecule has 1 unspecified atom stereocenters. The number of para-hydroxylation sites is 1. The first-order valence-electron chi connectivity index (χ1n) is 10.9. The SMILES string of the molecule is COc1cc(C(CC(=O)NCCn2ccc3ccccc32)c2oc(C)cc(=O)c2O)ccc1O. The number of benzene rings is 2. The van der Waals surface area contributed by atoms with E-state index >= 15 is 0 Å². The molecule has 0 saturated heterocycles. The van der Waals surface area contributed by atoms with Gasteiger partial charge in [0.05, 0.1) is 13.0 Å². The highest BCUT2D eigenvalue weighted by Crippen LogP contribution is 2.37. The molecule has 0 aliphatic carbocycles. The van der Waals surface area contributed by atoms with Crippen molar-refractivity contribution >= 4 is 16.8 Å². The molecule has 0 radical (unpaired) electrons. The summed E-state index contributed by atoms with van der Waals surface area (Å²) in [5.74, 6) is -1.15. The van der Waals surface area contributed by atoms with E-state index in [-0.39, 0.29) is 29.6 Å². The van der Waals surface area contributed by atoms with Gasteiger partial charge in [-0.25, -0.2) is 0 Å². The van der Waals surface area contributed by atoms with Crippen molar-refractivity contribution in [2.75, 3.05) is 13.7 Å². The number of ether oxygens (including phenoxy) is 1. The Bertz CT molecular complexity index is 1390. The summed E-state index contributed by atoms with van der Waals surface area (Å²) in [7, 11) is 1.41. The third-order valence-corrected chi connectivity index (χ3v) is 5.74.